The summed E-state index contributed by atoms with van der Waals surface area (Å²) in [5.74, 6) is -7.04. The van der Waals surface area contributed by atoms with Crippen molar-refractivity contribution in [2.45, 2.75) is 0 Å². The lowest BCUT2D eigenvalue weighted by Crippen LogP contribution is -2.35. The van der Waals surface area contributed by atoms with Crippen LogP contribution in [0.25, 0.3) is 0 Å². The van der Waals surface area contributed by atoms with E-state index in [2.05, 4.69) is 5.32 Å². The average Bonchev–Trinajstić information content (AvgIpc) is 3.04. The van der Waals surface area contributed by atoms with Crippen molar-refractivity contribution in [2.24, 2.45) is 7.05 Å². The maximum Gasteiger partial charge on any atom is 0.355 e. The summed E-state index contributed by atoms with van der Waals surface area (Å²) >= 11 is 0. The van der Waals surface area contributed by atoms with E-state index in [0.29, 0.717) is 6.07 Å². The summed E-state index contributed by atoms with van der Waals surface area (Å²) in [6.45, 7) is -1.21. The highest BCUT2D eigenvalue weighted by Crippen LogP contribution is 2.19. The number of esters is 1. The van der Waals surface area contributed by atoms with Crippen molar-refractivity contribution in [3.63, 3.8) is 0 Å². The molecule has 0 atom stereocenters. The van der Waals surface area contributed by atoms with Crippen LogP contribution in [0.15, 0.2) is 30.5 Å². The summed E-state index contributed by atoms with van der Waals surface area (Å²) in [6, 6.07) is 4.62. The maximum atomic E-state index is 13.4. The van der Waals surface area contributed by atoms with E-state index in [-0.39, 0.29) is 5.69 Å². The van der Waals surface area contributed by atoms with Gasteiger partial charge in [0.25, 0.3) is 5.91 Å². The third-order valence-electron chi connectivity index (χ3n) is 3.24. The van der Waals surface area contributed by atoms with Gasteiger partial charge in [-0.3, -0.25) is 9.59 Å². The second-order valence-corrected chi connectivity index (χ2v) is 5.13. The van der Waals surface area contributed by atoms with Crippen molar-refractivity contribution in [1.29, 1.82) is 0 Å². The van der Waals surface area contributed by atoms with Crippen molar-refractivity contribution in [2.75, 3.05) is 18.5 Å². The molecule has 1 aromatic heterocycles. The van der Waals surface area contributed by atoms with E-state index >= 15 is 0 Å². The number of nitrogens with zero attached hydrogens (tertiary/aromatic N) is 1. The van der Waals surface area contributed by atoms with Crippen molar-refractivity contribution in [3.05, 3.63) is 53.6 Å². The first-order valence-corrected chi connectivity index (χ1v) is 7.28. The molecule has 0 aliphatic heterocycles. The Morgan fingerprint density at radius 2 is 1.81 bits per heavy atom. The van der Waals surface area contributed by atoms with Gasteiger partial charge >= 0.3 is 5.97 Å². The minimum atomic E-state index is -1.72. The summed E-state index contributed by atoms with van der Waals surface area (Å²) in [6.07, 6.45) is 1.62. The molecule has 138 valence electrons. The van der Waals surface area contributed by atoms with E-state index in [9.17, 15) is 27.6 Å². The Morgan fingerprint density at radius 1 is 1.08 bits per heavy atom. The summed E-state index contributed by atoms with van der Waals surface area (Å²) in [7, 11) is 1.62. The molecular formula is C16H14F3N3O4. The highest BCUT2D eigenvalue weighted by atomic mass is 19.2. The van der Waals surface area contributed by atoms with Crippen LogP contribution in [-0.2, 0) is 21.4 Å². The predicted octanol–water partition coefficient (Wildman–Crippen LogP) is 1.35. The molecule has 2 rings (SSSR count). The smallest absolute Gasteiger partial charge is 0.355 e. The Morgan fingerprint density at radius 3 is 2.46 bits per heavy atom. The van der Waals surface area contributed by atoms with Gasteiger partial charge < -0.3 is 19.9 Å². The number of hydrogen-bond acceptors (Lipinski definition) is 4. The number of benzene rings is 1. The summed E-state index contributed by atoms with van der Waals surface area (Å²) < 4.78 is 45.6. The van der Waals surface area contributed by atoms with Gasteiger partial charge in [-0.05, 0) is 24.3 Å². The Balaban J connectivity index is 1.78. The zero-order valence-corrected chi connectivity index (χ0v) is 13.5. The van der Waals surface area contributed by atoms with Crippen molar-refractivity contribution >= 4 is 23.5 Å². The molecular weight excluding hydrogens is 355 g/mol. The summed E-state index contributed by atoms with van der Waals surface area (Å²) in [4.78, 5) is 34.9. The second kappa shape index (κ2) is 8.19. The van der Waals surface area contributed by atoms with Crippen LogP contribution in [0.2, 0.25) is 0 Å². The lowest BCUT2D eigenvalue weighted by Gasteiger charge is -2.09. The quantitative estimate of drug-likeness (QED) is 0.594. The van der Waals surface area contributed by atoms with Crippen LogP contribution in [0.3, 0.4) is 0 Å². The number of amides is 2. The maximum absolute atomic E-state index is 13.4. The van der Waals surface area contributed by atoms with Crippen LogP contribution in [0.4, 0.5) is 18.9 Å². The minimum Gasteiger partial charge on any atom is -0.451 e. The highest BCUT2D eigenvalue weighted by molar-refractivity contribution is 5.95. The first kappa shape index (κ1) is 19.0. The first-order chi connectivity index (χ1) is 12.3. The van der Waals surface area contributed by atoms with Crippen molar-refractivity contribution in [3.8, 4) is 0 Å². The van der Waals surface area contributed by atoms with Crippen LogP contribution in [0, 0.1) is 17.5 Å². The lowest BCUT2D eigenvalue weighted by atomic mass is 10.2. The summed E-state index contributed by atoms with van der Waals surface area (Å²) in [5, 5.41) is 4.12. The number of carbonyl (C=O) groups is 3. The standard InChI is InChI=1S/C16H14F3N3O4/c1-22-6-2-3-11(22)16(25)26-8-13(24)20-7-12(23)21-10-5-4-9(17)14(18)15(10)19/h2-6H,7-8H2,1H3,(H,20,24)(H,21,23). The molecule has 26 heavy (non-hydrogen) atoms. The van der Waals surface area contributed by atoms with E-state index in [1.807, 2.05) is 5.32 Å². The SMILES string of the molecule is Cn1cccc1C(=O)OCC(=O)NCC(=O)Nc1ccc(F)c(F)c1F. The van der Waals surface area contributed by atoms with Crippen LogP contribution >= 0.6 is 0 Å². The van der Waals surface area contributed by atoms with Gasteiger partial charge in [0.1, 0.15) is 5.69 Å². The Bertz CT molecular complexity index is 851. The molecule has 0 fully saturated rings. The summed E-state index contributed by atoms with van der Waals surface area (Å²) in [5.41, 5.74) is -0.331. The average molecular weight is 369 g/mol. The minimum absolute atomic E-state index is 0.240. The van der Waals surface area contributed by atoms with Crippen molar-refractivity contribution in [1.82, 2.24) is 9.88 Å². The molecule has 0 saturated carbocycles. The molecule has 0 spiro atoms. The number of halogens is 3. The van der Waals surface area contributed by atoms with Gasteiger partial charge in [0.15, 0.2) is 24.1 Å². The zero-order valence-electron chi connectivity index (χ0n) is 13.5. The molecule has 10 heteroatoms. The fraction of sp³-hybridized carbons (Fsp3) is 0.188. The number of ether oxygens (including phenoxy) is 1. The molecule has 0 aliphatic rings. The molecule has 1 aromatic carbocycles. The molecule has 7 nitrogen and oxygen atoms in total. The van der Waals surface area contributed by atoms with Gasteiger partial charge in [-0.15, -0.1) is 0 Å². The van der Waals surface area contributed by atoms with Crippen LogP contribution in [0.1, 0.15) is 10.5 Å². The Kier molecular flexibility index (Phi) is 5.99. The Hall–Kier alpha value is -3.30. The number of anilines is 1. The van der Waals surface area contributed by atoms with E-state index in [1.54, 1.807) is 19.3 Å². The Labute approximate surface area is 145 Å². The third-order valence-corrected chi connectivity index (χ3v) is 3.24. The van der Waals surface area contributed by atoms with Crippen LogP contribution in [0.5, 0.6) is 0 Å². The fourth-order valence-electron chi connectivity index (χ4n) is 1.92. The number of rotatable bonds is 6. The van der Waals surface area contributed by atoms with Gasteiger partial charge in [0, 0.05) is 13.2 Å². The first-order valence-electron chi connectivity index (χ1n) is 7.28. The molecule has 0 unspecified atom stereocenters. The molecule has 0 aliphatic carbocycles. The molecule has 0 saturated heterocycles. The number of hydrogen-bond donors (Lipinski definition) is 2. The molecule has 2 N–H and O–H groups in total. The number of nitrogens with one attached hydrogen (secondary N) is 2. The van der Waals surface area contributed by atoms with Crippen LogP contribution < -0.4 is 10.6 Å². The normalized spacial score (nSPS) is 10.3. The van der Waals surface area contributed by atoms with Gasteiger partial charge in [-0.2, -0.15) is 0 Å². The van der Waals surface area contributed by atoms with E-state index in [4.69, 9.17) is 4.74 Å². The number of aryl methyl sites for hydroxylation is 1. The number of aromatic nitrogens is 1. The molecule has 0 radical (unpaired) electrons. The molecule has 1 heterocycles. The second-order valence-electron chi connectivity index (χ2n) is 5.13. The lowest BCUT2D eigenvalue weighted by molar-refractivity contribution is -0.126. The number of carbonyl (C=O) groups excluding carboxylic acids is 3. The topological polar surface area (TPSA) is 89.4 Å². The molecule has 0 bridgehead atoms. The van der Waals surface area contributed by atoms with Gasteiger partial charge in [-0.1, -0.05) is 0 Å². The third kappa shape index (κ3) is 4.62. The van der Waals surface area contributed by atoms with E-state index in [1.165, 1.54) is 10.6 Å². The predicted molar refractivity (Wildman–Crippen MR) is 83.7 cm³/mol. The van der Waals surface area contributed by atoms with Gasteiger partial charge in [0.2, 0.25) is 5.91 Å². The van der Waals surface area contributed by atoms with Crippen LogP contribution in [-0.4, -0.2) is 35.5 Å². The van der Waals surface area contributed by atoms with E-state index < -0.39 is 54.1 Å². The molecule has 2 aromatic rings. The van der Waals surface area contributed by atoms with E-state index in [0.717, 1.165) is 6.07 Å². The fourth-order valence-corrected chi connectivity index (χ4v) is 1.92. The van der Waals surface area contributed by atoms with Gasteiger partial charge in [0.05, 0.1) is 12.2 Å². The highest BCUT2D eigenvalue weighted by Gasteiger charge is 2.16. The molecule has 2 amide bonds. The zero-order chi connectivity index (χ0) is 19.3. The largest absolute Gasteiger partial charge is 0.451 e. The monoisotopic (exact) mass is 369 g/mol. The van der Waals surface area contributed by atoms with Gasteiger partial charge in [-0.25, -0.2) is 18.0 Å². The van der Waals surface area contributed by atoms with Crippen molar-refractivity contribution < 1.29 is 32.3 Å².